The maximum Gasteiger partial charge on any atom is 0.418 e. The predicted molar refractivity (Wildman–Crippen MR) is 177 cm³/mol. The van der Waals surface area contributed by atoms with E-state index in [0.29, 0.717) is 20.3 Å². The minimum atomic E-state index is -4.66. The number of para-hydroxylation sites is 1. The first kappa shape index (κ1) is 33.5. The molecule has 1 heterocycles. The molecule has 5 rings (SSSR count). The number of H-pyrrole nitrogens is 1. The molecule has 0 unspecified atom stereocenters. The molecule has 242 valence electrons. The van der Waals surface area contributed by atoms with Gasteiger partial charge in [-0.05, 0) is 51.8 Å². The van der Waals surface area contributed by atoms with E-state index in [1.807, 2.05) is 0 Å². The Kier molecular flexibility index (Phi) is 9.91. The summed E-state index contributed by atoms with van der Waals surface area (Å²) < 4.78 is 64.2. The number of aromatic amines is 1. The van der Waals surface area contributed by atoms with Crippen LogP contribution in [-0.2, 0) is 6.18 Å². The van der Waals surface area contributed by atoms with E-state index in [2.05, 4.69) is 47.4 Å². The van der Waals surface area contributed by atoms with Gasteiger partial charge in [0.2, 0.25) is 5.75 Å². The van der Waals surface area contributed by atoms with Gasteiger partial charge in [0.25, 0.3) is 5.91 Å². The third-order valence-corrected chi connectivity index (χ3v) is 7.98. The first-order valence-corrected chi connectivity index (χ1v) is 15.2. The van der Waals surface area contributed by atoms with Crippen LogP contribution in [0.25, 0.3) is 22.0 Å². The molecule has 0 aliphatic carbocycles. The number of benzene rings is 4. The quantitative estimate of drug-likeness (QED) is 0.0674. The second-order valence-corrected chi connectivity index (χ2v) is 11.5. The van der Waals surface area contributed by atoms with Crippen LogP contribution in [0.2, 0.25) is 0 Å². The molecule has 0 aliphatic heterocycles. The number of amides is 1. The van der Waals surface area contributed by atoms with Crippen molar-refractivity contribution in [3.63, 3.8) is 0 Å². The van der Waals surface area contributed by atoms with Crippen molar-refractivity contribution in [3.8, 4) is 34.1 Å². The van der Waals surface area contributed by atoms with Gasteiger partial charge in [-0.3, -0.25) is 4.79 Å². The minimum Gasteiger partial charge on any atom is -0.493 e. The Bertz CT molecular complexity index is 1990. The molecule has 0 aliphatic rings. The summed E-state index contributed by atoms with van der Waals surface area (Å²) >= 11 is 6.77. The lowest BCUT2D eigenvalue weighted by atomic mass is 10.0. The van der Waals surface area contributed by atoms with Crippen LogP contribution in [0.5, 0.6) is 23.0 Å². The molecular formula is C33H24Br2F3N3O6. The predicted octanol–water partition coefficient (Wildman–Crippen LogP) is 8.39. The van der Waals surface area contributed by atoms with Crippen molar-refractivity contribution in [1.82, 2.24) is 10.4 Å². The maximum absolute atomic E-state index is 13.9. The first-order chi connectivity index (χ1) is 22.5. The van der Waals surface area contributed by atoms with Crippen molar-refractivity contribution in [3.05, 3.63) is 104 Å². The van der Waals surface area contributed by atoms with E-state index >= 15 is 0 Å². The van der Waals surface area contributed by atoms with Crippen LogP contribution in [0.3, 0.4) is 0 Å². The van der Waals surface area contributed by atoms with Crippen LogP contribution in [0.1, 0.15) is 32.0 Å². The van der Waals surface area contributed by atoms with Gasteiger partial charge < -0.3 is 23.9 Å². The lowest BCUT2D eigenvalue weighted by Crippen LogP contribution is -2.19. The zero-order valence-electron chi connectivity index (χ0n) is 24.8. The fourth-order valence-corrected chi connectivity index (χ4v) is 6.22. The standard InChI is InChI=1S/C33H24Br2F3N3O6/c1-44-24-13-18(14-25(45-2)30(24)46-3)32(43)47-29-19(12-20(34)15-23(29)35)16-39-41-31(42)28-26(17-8-5-4-6-9-17)21-10-7-11-22(27(21)40-28)33(36,37)38/h4-16,40H,1-3H3,(H,41,42). The molecule has 14 heteroatoms. The topological polar surface area (TPSA) is 111 Å². The molecule has 1 aromatic heterocycles. The summed E-state index contributed by atoms with van der Waals surface area (Å²) in [6.07, 6.45) is -3.43. The number of methoxy groups -OCH3 is 3. The van der Waals surface area contributed by atoms with Crippen LogP contribution in [0, 0.1) is 0 Å². The van der Waals surface area contributed by atoms with Crippen molar-refractivity contribution in [2.24, 2.45) is 5.10 Å². The number of nitrogens with one attached hydrogen (secondary N) is 2. The fourth-order valence-electron chi connectivity index (χ4n) is 4.88. The molecule has 47 heavy (non-hydrogen) atoms. The van der Waals surface area contributed by atoms with E-state index in [0.717, 1.165) is 6.07 Å². The zero-order chi connectivity index (χ0) is 33.9. The minimum absolute atomic E-state index is 0.0651. The van der Waals surface area contributed by atoms with Crippen molar-refractivity contribution in [2.75, 3.05) is 21.3 Å². The Balaban J connectivity index is 1.48. The highest BCUT2D eigenvalue weighted by atomic mass is 79.9. The summed E-state index contributed by atoms with van der Waals surface area (Å²) in [4.78, 5) is 29.4. The van der Waals surface area contributed by atoms with Crippen LogP contribution in [0.4, 0.5) is 13.2 Å². The molecular weight excluding hydrogens is 751 g/mol. The number of halogens is 5. The normalized spacial score (nSPS) is 11.5. The molecule has 0 bridgehead atoms. The number of carbonyl (C=O) groups excluding carboxylic acids is 2. The second-order valence-electron chi connectivity index (χ2n) is 9.78. The molecule has 0 radical (unpaired) electrons. The monoisotopic (exact) mass is 773 g/mol. The molecule has 0 saturated heterocycles. The molecule has 0 atom stereocenters. The van der Waals surface area contributed by atoms with E-state index in [1.54, 1.807) is 42.5 Å². The smallest absolute Gasteiger partial charge is 0.418 e. The lowest BCUT2D eigenvalue weighted by molar-refractivity contribution is -0.136. The number of rotatable bonds is 9. The summed E-state index contributed by atoms with van der Waals surface area (Å²) in [6, 6.07) is 18.4. The molecule has 1 amide bonds. The van der Waals surface area contributed by atoms with E-state index in [4.69, 9.17) is 18.9 Å². The molecule has 5 aromatic rings. The highest BCUT2D eigenvalue weighted by molar-refractivity contribution is 9.11. The molecule has 0 fully saturated rings. The van der Waals surface area contributed by atoms with Gasteiger partial charge in [0.1, 0.15) is 5.69 Å². The van der Waals surface area contributed by atoms with Crippen LogP contribution in [0.15, 0.2) is 86.8 Å². The Hall–Kier alpha value is -4.82. The Morgan fingerprint density at radius 2 is 1.55 bits per heavy atom. The summed E-state index contributed by atoms with van der Waals surface area (Å²) in [5.74, 6) is -0.721. The third-order valence-electron chi connectivity index (χ3n) is 6.93. The van der Waals surface area contributed by atoms with E-state index in [9.17, 15) is 22.8 Å². The summed E-state index contributed by atoms with van der Waals surface area (Å²) in [7, 11) is 4.25. The molecule has 4 aromatic carbocycles. The van der Waals surface area contributed by atoms with Crippen molar-refractivity contribution in [2.45, 2.75) is 6.18 Å². The van der Waals surface area contributed by atoms with Gasteiger partial charge in [0.15, 0.2) is 17.2 Å². The number of esters is 1. The van der Waals surface area contributed by atoms with E-state index in [-0.39, 0.29) is 50.5 Å². The number of nitrogens with zero attached hydrogens (tertiary/aromatic N) is 1. The average molecular weight is 775 g/mol. The SMILES string of the molecule is COc1cc(C(=O)Oc2c(Br)cc(Br)cc2C=NNC(=O)c2[nH]c3c(C(F)(F)F)cccc3c2-c2ccccc2)cc(OC)c1OC. The molecule has 0 saturated carbocycles. The summed E-state index contributed by atoms with van der Waals surface area (Å²) in [5.41, 5.74) is 2.29. The van der Waals surface area contributed by atoms with Crippen LogP contribution in [-0.4, -0.2) is 44.4 Å². The number of aromatic nitrogens is 1. The van der Waals surface area contributed by atoms with Crippen LogP contribution >= 0.6 is 31.9 Å². The number of hydrogen-bond donors (Lipinski definition) is 2. The lowest BCUT2D eigenvalue weighted by Gasteiger charge is -2.15. The van der Waals surface area contributed by atoms with Crippen molar-refractivity contribution >= 4 is 60.9 Å². The summed E-state index contributed by atoms with van der Waals surface area (Å²) in [5, 5.41) is 4.26. The Morgan fingerprint density at radius 3 is 2.17 bits per heavy atom. The van der Waals surface area contributed by atoms with Gasteiger partial charge in [0, 0.05) is 21.0 Å². The number of carbonyl (C=O) groups is 2. The highest BCUT2D eigenvalue weighted by Gasteiger charge is 2.34. The molecule has 0 spiro atoms. The number of hydrazone groups is 1. The number of alkyl halides is 3. The highest BCUT2D eigenvalue weighted by Crippen LogP contribution is 2.41. The van der Waals surface area contributed by atoms with Crippen molar-refractivity contribution in [1.29, 1.82) is 0 Å². The Labute approximate surface area is 282 Å². The number of fused-ring (bicyclic) bond motifs is 1. The summed E-state index contributed by atoms with van der Waals surface area (Å²) in [6.45, 7) is 0. The number of ether oxygens (including phenoxy) is 4. The number of hydrogen-bond acceptors (Lipinski definition) is 7. The van der Waals surface area contributed by atoms with E-state index < -0.39 is 23.6 Å². The van der Waals surface area contributed by atoms with E-state index in [1.165, 1.54) is 51.8 Å². The van der Waals surface area contributed by atoms with Gasteiger partial charge in [-0.15, -0.1) is 0 Å². The molecule has 9 nitrogen and oxygen atoms in total. The largest absolute Gasteiger partial charge is 0.493 e. The van der Waals surface area contributed by atoms with Crippen LogP contribution < -0.4 is 24.4 Å². The maximum atomic E-state index is 13.9. The molecule has 2 N–H and O–H groups in total. The average Bonchev–Trinajstić information content (AvgIpc) is 3.45. The second kappa shape index (κ2) is 13.9. The van der Waals surface area contributed by atoms with Crippen molar-refractivity contribution < 1.29 is 41.7 Å². The van der Waals surface area contributed by atoms with Gasteiger partial charge in [-0.1, -0.05) is 58.4 Å². The Morgan fingerprint density at radius 1 is 0.872 bits per heavy atom. The fraction of sp³-hybridized carbons (Fsp3) is 0.121. The first-order valence-electron chi connectivity index (χ1n) is 13.6. The van der Waals surface area contributed by atoms with Gasteiger partial charge >= 0.3 is 12.1 Å². The van der Waals surface area contributed by atoms with Gasteiger partial charge in [-0.25, -0.2) is 10.2 Å². The zero-order valence-corrected chi connectivity index (χ0v) is 28.0. The van der Waals surface area contributed by atoms with Gasteiger partial charge in [-0.2, -0.15) is 18.3 Å². The third kappa shape index (κ3) is 6.98. The van der Waals surface area contributed by atoms with Gasteiger partial charge in [0.05, 0.1) is 48.7 Å².